The van der Waals surface area contributed by atoms with Crippen molar-refractivity contribution in [3.63, 3.8) is 0 Å². The fourth-order valence-corrected chi connectivity index (χ4v) is 4.64. The van der Waals surface area contributed by atoms with Gasteiger partial charge < -0.3 is 14.9 Å². The average Bonchev–Trinajstić information content (AvgIpc) is 3.17. The number of benzene rings is 1. The average molecular weight is 354 g/mol. The molecule has 138 valence electrons. The summed E-state index contributed by atoms with van der Waals surface area (Å²) in [6, 6.07) is 10.6. The number of hydrogen-bond acceptors (Lipinski definition) is 4. The van der Waals surface area contributed by atoms with E-state index < -0.39 is 6.10 Å². The predicted molar refractivity (Wildman–Crippen MR) is 98.8 cm³/mol. The van der Waals surface area contributed by atoms with Gasteiger partial charge in [-0.15, -0.1) is 0 Å². The Morgan fingerprint density at radius 2 is 1.96 bits per heavy atom. The third-order valence-corrected chi connectivity index (χ3v) is 5.97. The van der Waals surface area contributed by atoms with Gasteiger partial charge in [0.05, 0.1) is 17.9 Å². The SMILES string of the molecule is CN1C[C@@H](c2ccccc2)[C@@H]2[C@H](O)CCN(C(=O)c3cnn(C)c3)C[C@H]21. The van der Waals surface area contributed by atoms with Crippen molar-refractivity contribution >= 4 is 5.91 Å². The number of hydrogen-bond donors (Lipinski definition) is 1. The summed E-state index contributed by atoms with van der Waals surface area (Å²) in [5.74, 6) is 0.450. The zero-order valence-electron chi connectivity index (χ0n) is 15.3. The van der Waals surface area contributed by atoms with E-state index in [1.165, 1.54) is 5.56 Å². The summed E-state index contributed by atoms with van der Waals surface area (Å²) >= 11 is 0. The first-order valence-corrected chi connectivity index (χ1v) is 9.26. The maximum Gasteiger partial charge on any atom is 0.257 e. The predicted octanol–water partition coefficient (Wildman–Crippen LogP) is 1.34. The highest BCUT2D eigenvalue weighted by atomic mass is 16.3. The van der Waals surface area contributed by atoms with Gasteiger partial charge >= 0.3 is 0 Å². The van der Waals surface area contributed by atoms with Crippen LogP contribution in [0.4, 0.5) is 0 Å². The van der Waals surface area contributed by atoms with E-state index in [1.807, 2.05) is 18.0 Å². The van der Waals surface area contributed by atoms with Gasteiger partial charge in [-0.2, -0.15) is 5.10 Å². The number of carbonyl (C=O) groups excluding carboxylic acids is 1. The summed E-state index contributed by atoms with van der Waals surface area (Å²) in [7, 11) is 3.92. The van der Waals surface area contributed by atoms with Crippen molar-refractivity contribution in [3.8, 4) is 0 Å². The van der Waals surface area contributed by atoms with Crippen molar-refractivity contribution in [3.05, 3.63) is 53.9 Å². The molecule has 2 saturated heterocycles. The quantitative estimate of drug-likeness (QED) is 0.884. The molecule has 3 heterocycles. The number of aliphatic hydroxyl groups is 1. The second-order valence-electron chi connectivity index (χ2n) is 7.61. The van der Waals surface area contributed by atoms with Crippen molar-refractivity contribution in [2.24, 2.45) is 13.0 Å². The molecule has 6 nitrogen and oxygen atoms in total. The normalized spacial score (nSPS) is 29.4. The summed E-state index contributed by atoms with van der Waals surface area (Å²) < 4.78 is 1.65. The Balaban J connectivity index is 1.59. The fraction of sp³-hybridized carbons (Fsp3) is 0.500. The van der Waals surface area contributed by atoms with E-state index in [4.69, 9.17) is 0 Å². The number of amides is 1. The first kappa shape index (κ1) is 17.2. The molecule has 4 atom stereocenters. The number of rotatable bonds is 2. The van der Waals surface area contributed by atoms with Crippen LogP contribution in [-0.2, 0) is 7.05 Å². The summed E-state index contributed by atoms with van der Waals surface area (Å²) in [5, 5.41) is 15.0. The highest BCUT2D eigenvalue weighted by Gasteiger charge is 2.47. The number of carbonyl (C=O) groups is 1. The standard InChI is InChI=1S/C20H26N4O2/c1-22-12-16(14-6-4-3-5-7-14)19-17(22)13-24(9-8-18(19)25)20(26)15-10-21-23(2)11-15/h3-7,10-11,16-19,25H,8-9,12-13H2,1-2H3/t16-,17+,18+,19-/m0/s1. The highest BCUT2D eigenvalue weighted by Crippen LogP contribution is 2.41. The third-order valence-electron chi connectivity index (χ3n) is 5.97. The van der Waals surface area contributed by atoms with E-state index in [0.29, 0.717) is 31.0 Å². The number of likely N-dealkylation sites (tertiary alicyclic amines) is 2. The lowest BCUT2D eigenvalue weighted by Crippen LogP contribution is -2.43. The Kier molecular flexibility index (Phi) is 4.54. The van der Waals surface area contributed by atoms with Crippen molar-refractivity contribution in [2.45, 2.75) is 24.5 Å². The first-order chi connectivity index (χ1) is 12.5. The molecule has 0 saturated carbocycles. The molecule has 1 aromatic heterocycles. The minimum absolute atomic E-state index is 0.00233. The minimum Gasteiger partial charge on any atom is -0.393 e. The smallest absolute Gasteiger partial charge is 0.257 e. The number of aromatic nitrogens is 2. The molecular weight excluding hydrogens is 328 g/mol. The Morgan fingerprint density at radius 3 is 2.65 bits per heavy atom. The molecule has 4 rings (SSSR count). The molecule has 26 heavy (non-hydrogen) atoms. The van der Waals surface area contributed by atoms with E-state index in [9.17, 15) is 9.90 Å². The van der Waals surface area contributed by atoms with Crippen LogP contribution in [-0.4, -0.2) is 69.4 Å². The van der Waals surface area contributed by atoms with E-state index in [2.05, 4.69) is 41.3 Å². The molecule has 2 aliphatic heterocycles. The monoisotopic (exact) mass is 354 g/mol. The molecule has 0 aliphatic carbocycles. The number of aryl methyl sites for hydroxylation is 1. The lowest BCUT2D eigenvalue weighted by Gasteiger charge is -2.29. The van der Waals surface area contributed by atoms with E-state index in [1.54, 1.807) is 17.1 Å². The molecule has 2 fully saturated rings. The summed E-state index contributed by atoms with van der Waals surface area (Å²) in [6.07, 6.45) is 3.59. The molecule has 1 N–H and O–H groups in total. The van der Waals surface area contributed by atoms with E-state index >= 15 is 0 Å². The van der Waals surface area contributed by atoms with Gasteiger partial charge in [0.1, 0.15) is 0 Å². The van der Waals surface area contributed by atoms with Crippen LogP contribution in [0.3, 0.4) is 0 Å². The van der Waals surface area contributed by atoms with Gasteiger partial charge in [-0.3, -0.25) is 9.48 Å². The van der Waals surface area contributed by atoms with E-state index in [0.717, 1.165) is 6.54 Å². The fourth-order valence-electron chi connectivity index (χ4n) is 4.64. The summed E-state index contributed by atoms with van der Waals surface area (Å²) in [5.41, 5.74) is 1.89. The topological polar surface area (TPSA) is 61.6 Å². The van der Waals surface area contributed by atoms with Gasteiger partial charge in [0.15, 0.2) is 0 Å². The number of likely N-dealkylation sites (N-methyl/N-ethyl adjacent to an activating group) is 1. The van der Waals surface area contributed by atoms with Crippen LogP contribution in [0.15, 0.2) is 42.7 Å². The van der Waals surface area contributed by atoms with Crippen LogP contribution in [0.5, 0.6) is 0 Å². The summed E-state index contributed by atoms with van der Waals surface area (Å²) in [6.45, 7) is 2.14. The highest BCUT2D eigenvalue weighted by molar-refractivity contribution is 5.93. The van der Waals surface area contributed by atoms with Gasteiger partial charge in [0, 0.05) is 50.8 Å². The maximum absolute atomic E-state index is 12.9. The number of aliphatic hydroxyl groups excluding tert-OH is 1. The van der Waals surface area contributed by atoms with Gasteiger partial charge in [0.2, 0.25) is 0 Å². The maximum atomic E-state index is 12.9. The van der Waals surface area contributed by atoms with Crippen LogP contribution in [0.2, 0.25) is 0 Å². The van der Waals surface area contributed by atoms with Crippen molar-refractivity contribution in [1.82, 2.24) is 19.6 Å². The molecule has 1 amide bonds. The zero-order valence-corrected chi connectivity index (χ0v) is 15.3. The van der Waals surface area contributed by atoms with E-state index in [-0.39, 0.29) is 17.9 Å². The Labute approximate surface area is 154 Å². The minimum atomic E-state index is -0.401. The van der Waals surface area contributed by atoms with Crippen LogP contribution in [0.1, 0.15) is 28.3 Å². The molecule has 0 unspecified atom stereocenters. The van der Waals surface area contributed by atoms with Crippen LogP contribution in [0, 0.1) is 5.92 Å². The molecule has 0 radical (unpaired) electrons. The number of nitrogens with zero attached hydrogens (tertiary/aromatic N) is 4. The lowest BCUT2D eigenvalue weighted by molar-refractivity contribution is 0.0723. The van der Waals surface area contributed by atoms with Crippen LogP contribution < -0.4 is 0 Å². The second-order valence-corrected chi connectivity index (χ2v) is 7.61. The largest absolute Gasteiger partial charge is 0.393 e. The molecule has 2 aromatic rings. The van der Waals surface area contributed by atoms with Gasteiger partial charge in [0.25, 0.3) is 5.91 Å². The Bertz CT molecular complexity index is 775. The van der Waals surface area contributed by atoms with Gasteiger partial charge in [-0.05, 0) is 19.0 Å². The Morgan fingerprint density at radius 1 is 1.19 bits per heavy atom. The molecule has 2 aliphatic rings. The third kappa shape index (κ3) is 3.04. The lowest BCUT2D eigenvalue weighted by atomic mass is 9.81. The Hall–Kier alpha value is -2.18. The zero-order chi connectivity index (χ0) is 18.3. The molecular formula is C20H26N4O2. The van der Waals surface area contributed by atoms with Gasteiger partial charge in [-0.25, -0.2) is 0 Å². The van der Waals surface area contributed by atoms with Gasteiger partial charge in [-0.1, -0.05) is 30.3 Å². The van der Waals surface area contributed by atoms with Crippen LogP contribution >= 0.6 is 0 Å². The number of fused-ring (bicyclic) bond motifs is 1. The van der Waals surface area contributed by atoms with Crippen molar-refractivity contribution in [2.75, 3.05) is 26.7 Å². The molecule has 6 heteroatoms. The first-order valence-electron chi connectivity index (χ1n) is 9.26. The van der Waals surface area contributed by atoms with Crippen molar-refractivity contribution in [1.29, 1.82) is 0 Å². The molecule has 0 spiro atoms. The van der Waals surface area contributed by atoms with Crippen molar-refractivity contribution < 1.29 is 9.90 Å². The second kappa shape index (κ2) is 6.85. The molecule has 0 bridgehead atoms. The van der Waals surface area contributed by atoms with Crippen LogP contribution in [0.25, 0.3) is 0 Å². The molecule has 1 aromatic carbocycles. The summed E-state index contributed by atoms with van der Waals surface area (Å²) in [4.78, 5) is 17.1.